The summed E-state index contributed by atoms with van der Waals surface area (Å²) in [6, 6.07) is 6.54. The fourth-order valence-corrected chi connectivity index (χ4v) is 3.12. The van der Waals surface area contributed by atoms with E-state index >= 15 is 0 Å². The van der Waals surface area contributed by atoms with Crippen LogP contribution in [-0.2, 0) is 12.8 Å². The van der Waals surface area contributed by atoms with Crippen LogP contribution >= 0.6 is 0 Å². The number of piperidine rings is 1. The molecule has 1 aliphatic heterocycles. The standard InChI is InChI=1S/C14H19NO/c16-14-5-4-11-8-13(9-12(11)10-14)15-6-2-1-3-7-15/h4-5,10,13,16H,1-3,6-9H2/t13-/m1/s1. The molecule has 16 heavy (non-hydrogen) atoms. The molecule has 0 radical (unpaired) electrons. The fourth-order valence-electron chi connectivity index (χ4n) is 3.12. The molecule has 86 valence electrons. The highest BCUT2D eigenvalue weighted by atomic mass is 16.3. The summed E-state index contributed by atoms with van der Waals surface area (Å²) in [7, 11) is 0. The maximum atomic E-state index is 9.48. The average molecular weight is 217 g/mol. The average Bonchev–Trinajstić information content (AvgIpc) is 2.73. The largest absolute Gasteiger partial charge is 0.508 e. The van der Waals surface area contributed by atoms with Crippen molar-refractivity contribution in [2.45, 2.75) is 38.1 Å². The van der Waals surface area contributed by atoms with Gasteiger partial charge in [0.25, 0.3) is 0 Å². The molecule has 1 aromatic rings. The van der Waals surface area contributed by atoms with Crippen molar-refractivity contribution in [3.8, 4) is 5.75 Å². The lowest BCUT2D eigenvalue weighted by Gasteiger charge is -2.32. The van der Waals surface area contributed by atoms with Crippen molar-refractivity contribution in [3.05, 3.63) is 29.3 Å². The van der Waals surface area contributed by atoms with Crippen LogP contribution in [0.2, 0.25) is 0 Å². The predicted octanol–water partition coefficient (Wildman–Crippen LogP) is 2.35. The summed E-state index contributed by atoms with van der Waals surface area (Å²) in [5, 5.41) is 9.48. The van der Waals surface area contributed by atoms with Gasteiger partial charge in [0, 0.05) is 6.04 Å². The number of rotatable bonds is 1. The summed E-state index contributed by atoms with van der Waals surface area (Å²) in [5.74, 6) is 0.415. The first-order valence-corrected chi connectivity index (χ1v) is 6.38. The van der Waals surface area contributed by atoms with Crippen LogP contribution in [0.4, 0.5) is 0 Å². The summed E-state index contributed by atoms with van der Waals surface area (Å²) in [6.45, 7) is 2.54. The van der Waals surface area contributed by atoms with E-state index in [9.17, 15) is 5.11 Å². The van der Waals surface area contributed by atoms with Crippen LogP contribution < -0.4 is 0 Å². The zero-order valence-electron chi connectivity index (χ0n) is 9.65. The molecule has 0 unspecified atom stereocenters. The molecule has 0 spiro atoms. The molecule has 1 saturated heterocycles. The number of hydrogen-bond donors (Lipinski definition) is 1. The number of nitrogens with zero attached hydrogens (tertiary/aromatic N) is 1. The molecule has 0 amide bonds. The Labute approximate surface area is 96.9 Å². The van der Waals surface area contributed by atoms with E-state index < -0.39 is 0 Å². The molecule has 1 fully saturated rings. The van der Waals surface area contributed by atoms with Gasteiger partial charge in [-0.15, -0.1) is 0 Å². The molecule has 0 saturated carbocycles. The molecule has 1 N–H and O–H groups in total. The van der Waals surface area contributed by atoms with Crippen molar-refractivity contribution in [1.29, 1.82) is 0 Å². The molecule has 1 aromatic carbocycles. The Morgan fingerprint density at radius 1 is 1.00 bits per heavy atom. The molecule has 1 atom stereocenters. The lowest BCUT2D eigenvalue weighted by molar-refractivity contribution is 0.168. The molecule has 1 aliphatic carbocycles. The maximum absolute atomic E-state index is 9.48. The second-order valence-corrected chi connectivity index (χ2v) is 5.11. The van der Waals surface area contributed by atoms with Crippen LogP contribution in [0.25, 0.3) is 0 Å². The molecule has 0 aromatic heterocycles. The van der Waals surface area contributed by atoms with Crippen molar-refractivity contribution in [2.24, 2.45) is 0 Å². The number of likely N-dealkylation sites (tertiary alicyclic amines) is 1. The summed E-state index contributed by atoms with van der Waals surface area (Å²) < 4.78 is 0. The second kappa shape index (κ2) is 4.10. The SMILES string of the molecule is Oc1ccc2c(c1)C[C@H](N1CCCCC1)C2. The summed E-state index contributed by atoms with van der Waals surface area (Å²) >= 11 is 0. The van der Waals surface area contributed by atoms with E-state index in [1.165, 1.54) is 49.9 Å². The molecule has 3 rings (SSSR count). The number of hydrogen-bond acceptors (Lipinski definition) is 2. The highest BCUT2D eigenvalue weighted by molar-refractivity contribution is 5.39. The lowest BCUT2D eigenvalue weighted by atomic mass is 10.1. The molecule has 1 heterocycles. The van der Waals surface area contributed by atoms with Crippen LogP contribution in [0.15, 0.2) is 18.2 Å². The Bertz CT molecular complexity index is 382. The van der Waals surface area contributed by atoms with E-state index in [1.807, 2.05) is 12.1 Å². The number of aromatic hydroxyl groups is 1. The highest BCUT2D eigenvalue weighted by Crippen LogP contribution is 2.29. The Hall–Kier alpha value is -1.02. The minimum atomic E-state index is 0.415. The first-order chi connectivity index (χ1) is 7.83. The zero-order chi connectivity index (χ0) is 11.0. The molecular formula is C14H19NO. The van der Waals surface area contributed by atoms with E-state index in [0.717, 1.165) is 6.42 Å². The number of benzene rings is 1. The van der Waals surface area contributed by atoms with Crippen LogP contribution in [-0.4, -0.2) is 29.1 Å². The van der Waals surface area contributed by atoms with Crippen molar-refractivity contribution < 1.29 is 5.11 Å². The number of phenols is 1. The van der Waals surface area contributed by atoms with E-state index in [2.05, 4.69) is 11.0 Å². The van der Waals surface area contributed by atoms with Crippen molar-refractivity contribution >= 4 is 0 Å². The van der Waals surface area contributed by atoms with Gasteiger partial charge in [-0.2, -0.15) is 0 Å². The Balaban J connectivity index is 1.74. The molecule has 2 nitrogen and oxygen atoms in total. The maximum Gasteiger partial charge on any atom is 0.115 e. The minimum Gasteiger partial charge on any atom is -0.508 e. The summed E-state index contributed by atoms with van der Waals surface area (Å²) in [6.07, 6.45) is 6.42. The van der Waals surface area contributed by atoms with Crippen molar-refractivity contribution in [2.75, 3.05) is 13.1 Å². The third kappa shape index (κ3) is 1.82. The molecule has 2 heteroatoms. The van der Waals surface area contributed by atoms with E-state index in [4.69, 9.17) is 0 Å². The third-order valence-electron chi connectivity index (χ3n) is 4.01. The van der Waals surface area contributed by atoms with Gasteiger partial charge in [0.2, 0.25) is 0 Å². The first kappa shape index (κ1) is 10.2. The van der Waals surface area contributed by atoms with Crippen LogP contribution in [0.1, 0.15) is 30.4 Å². The minimum absolute atomic E-state index is 0.415. The van der Waals surface area contributed by atoms with E-state index in [1.54, 1.807) is 0 Å². The van der Waals surface area contributed by atoms with E-state index in [-0.39, 0.29) is 0 Å². The molecule has 2 aliphatic rings. The van der Waals surface area contributed by atoms with Gasteiger partial charge in [-0.3, -0.25) is 4.90 Å². The van der Waals surface area contributed by atoms with Crippen molar-refractivity contribution in [3.63, 3.8) is 0 Å². The normalized spacial score (nSPS) is 25.6. The monoisotopic (exact) mass is 217 g/mol. The van der Waals surface area contributed by atoms with Gasteiger partial charge in [-0.1, -0.05) is 12.5 Å². The lowest BCUT2D eigenvalue weighted by Crippen LogP contribution is -2.39. The summed E-state index contributed by atoms with van der Waals surface area (Å²) in [4.78, 5) is 2.64. The highest BCUT2D eigenvalue weighted by Gasteiger charge is 2.27. The van der Waals surface area contributed by atoms with Gasteiger partial charge in [0.15, 0.2) is 0 Å². The Morgan fingerprint density at radius 2 is 1.75 bits per heavy atom. The van der Waals surface area contributed by atoms with Gasteiger partial charge >= 0.3 is 0 Å². The first-order valence-electron chi connectivity index (χ1n) is 6.38. The van der Waals surface area contributed by atoms with Crippen LogP contribution in [0, 0.1) is 0 Å². The molecular weight excluding hydrogens is 198 g/mol. The Kier molecular flexibility index (Phi) is 2.60. The van der Waals surface area contributed by atoms with Gasteiger partial charge in [0.1, 0.15) is 5.75 Å². The smallest absolute Gasteiger partial charge is 0.115 e. The van der Waals surface area contributed by atoms with Gasteiger partial charge in [-0.25, -0.2) is 0 Å². The van der Waals surface area contributed by atoms with Gasteiger partial charge in [0.05, 0.1) is 0 Å². The van der Waals surface area contributed by atoms with Crippen LogP contribution in [0.5, 0.6) is 5.75 Å². The second-order valence-electron chi connectivity index (χ2n) is 5.11. The number of phenolic OH excluding ortho intramolecular Hbond substituents is 1. The number of fused-ring (bicyclic) bond motifs is 1. The topological polar surface area (TPSA) is 23.5 Å². The molecule has 0 bridgehead atoms. The predicted molar refractivity (Wildman–Crippen MR) is 64.7 cm³/mol. The fraction of sp³-hybridized carbons (Fsp3) is 0.571. The third-order valence-corrected chi connectivity index (χ3v) is 4.01. The van der Waals surface area contributed by atoms with Crippen molar-refractivity contribution in [1.82, 2.24) is 4.90 Å². The summed E-state index contributed by atoms with van der Waals surface area (Å²) in [5.41, 5.74) is 2.80. The van der Waals surface area contributed by atoms with Gasteiger partial charge < -0.3 is 5.11 Å². The van der Waals surface area contributed by atoms with Crippen LogP contribution in [0.3, 0.4) is 0 Å². The quantitative estimate of drug-likeness (QED) is 0.780. The Morgan fingerprint density at radius 3 is 2.56 bits per heavy atom. The van der Waals surface area contributed by atoms with E-state index in [0.29, 0.717) is 11.8 Å². The van der Waals surface area contributed by atoms with Gasteiger partial charge in [-0.05, 0) is 62.0 Å². The zero-order valence-corrected chi connectivity index (χ0v) is 9.65.